The molecule has 1 unspecified atom stereocenters. The summed E-state index contributed by atoms with van der Waals surface area (Å²) >= 11 is 1.75. The molecule has 0 radical (unpaired) electrons. The highest BCUT2D eigenvalue weighted by atomic mass is 32.2. The van der Waals surface area contributed by atoms with Crippen molar-refractivity contribution < 1.29 is 18.7 Å². The van der Waals surface area contributed by atoms with Crippen molar-refractivity contribution >= 4 is 29.5 Å². The number of carbonyl (C=O) groups excluding carboxylic acids is 2. The number of unbranched alkanes of at least 4 members (excludes halogenated alkanes) is 1. The van der Waals surface area contributed by atoms with Gasteiger partial charge in [-0.05, 0) is 62.4 Å². The van der Waals surface area contributed by atoms with Crippen LogP contribution in [0.3, 0.4) is 0 Å². The summed E-state index contributed by atoms with van der Waals surface area (Å²) < 4.78 is 17.6. The third-order valence-electron chi connectivity index (χ3n) is 4.42. The third-order valence-corrected chi connectivity index (χ3v) is 5.60. The van der Waals surface area contributed by atoms with Gasteiger partial charge in [0.2, 0.25) is 5.91 Å². The van der Waals surface area contributed by atoms with E-state index in [1.165, 1.54) is 29.7 Å². The van der Waals surface area contributed by atoms with Gasteiger partial charge in [0, 0.05) is 24.2 Å². The molecule has 182 valence electrons. The number of Topliss-reactive ketones (excluding diaryl/α,β-unsaturated/α-hetero) is 1. The predicted molar refractivity (Wildman–Crippen MR) is 138 cm³/mol. The summed E-state index contributed by atoms with van der Waals surface area (Å²) in [7, 11) is 1.48. The zero-order valence-corrected chi connectivity index (χ0v) is 21.3. The Morgan fingerprint density at radius 2 is 1.76 bits per heavy atom. The van der Waals surface area contributed by atoms with E-state index in [0.717, 1.165) is 24.2 Å². The van der Waals surface area contributed by atoms with Crippen LogP contribution < -0.4 is 5.73 Å². The molecule has 0 spiro atoms. The van der Waals surface area contributed by atoms with Crippen LogP contribution in [-0.2, 0) is 14.3 Å². The van der Waals surface area contributed by atoms with E-state index in [4.69, 9.17) is 10.5 Å². The lowest BCUT2D eigenvalue weighted by molar-refractivity contribution is -0.128. The Labute approximate surface area is 202 Å². The number of amides is 1. The molecule has 0 saturated carbocycles. The van der Waals surface area contributed by atoms with Gasteiger partial charge in [0.1, 0.15) is 17.7 Å². The van der Waals surface area contributed by atoms with Gasteiger partial charge < -0.3 is 10.5 Å². The molecule has 4 nitrogen and oxygen atoms in total. The Balaban J connectivity index is 0.000000602. The Kier molecular flexibility index (Phi) is 17.7. The first-order valence-corrected chi connectivity index (χ1v) is 12.2. The Morgan fingerprint density at radius 1 is 1.12 bits per heavy atom. The maximum absolute atomic E-state index is 12.7. The van der Waals surface area contributed by atoms with Crippen LogP contribution >= 0.6 is 11.8 Å². The van der Waals surface area contributed by atoms with Crippen LogP contribution in [-0.4, -0.2) is 30.7 Å². The molecule has 1 atom stereocenters. The van der Waals surface area contributed by atoms with Crippen molar-refractivity contribution in [2.75, 3.05) is 12.9 Å². The first kappa shape index (κ1) is 30.6. The number of ether oxygens (including phenoxy) is 1. The number of halogens is 1. The molecule has 2 rings (SSSR count). The highest BCUT2D eigenvalue weighted by Gasteiger charge is 2.12. The standard InChI is InChI=1S/C14H18FNO2.C11H14OS.C2H6/c1-18-13(14(16)17)6-4-2-3-5-11-7-9-12(15)10-8-11;1-9-5-3-4-6-11(9)13-8-7-10(2)12;1-2/h3,5,7-10,13H,2,4,6H2,1H3,(H2,16,17);3-6H,7-8H2,1-2H3;1-2H3/b5-3+;;. The number of ketones is 1. The topological polar surface area (TPSA) is 69.4 Å². The Morgan fingerprint density at radius 3 is 2.30 bits per heavy atom. The zero-order valence-electron chi connectivity index (χ0n) is 20.5. The predicted octanol–water partition coefficient (Wildman–Crippen LogP) is 6.60. The summed E-state index contributed by atoms with van der Waals surface area (Å²) in [6.45, 7) is 7.73. The molecule has 6 heteroatoms. The number of methoxy groups -OCH3 is 1. The van der Waals surface area contributed by atoms with Crippen molar-refractivity contribution in [3.05, 3.63) is 71.6 Å². The largest absolute Gasteiger partial charge is 0.372 e. The lowest BCUT2D eigenvalue weighted by atomic mass is 10.1. The van der Waals surface area contributed by atoms with E-state index in [0.29, 0.717) is 12.8 Å². The van der Waals surface area contributed by atoms with Gasteiger partial charge in [0.05, 0.1) is 0 Å². The number of rotatable bonds is 11. The normalized spacial score (nSPS) is 11.1. The van der Waals surface area contributed by atoms with Crippen molar-refractivity contribution in [1.29, 1.82) is 0 Å². The van der Waals surface area contributed by atoms with Crippen molar-refractivity contribution in [1.82, 2.24) is 0 Å². The van der Waals surface area contributed by atoms with Gasteiger partial charge >= 0.3 is 0 Å². The first-order valence-electron chi connectivity index (χ1n) is 11.3. The summed E-state index contributed by atoms with van der Waals surface area (Å²) in [5, 5.41) is 0. The smallest absolute Gasteiger partial charge is 0.246 e. The lowest BCUT2D eigenvalue weighted by Crippen LogP contribution is -2.29. The number of nitrogens with two attached hydrogens (primary N) is 1. The summed E-state index contributed by atoms with van der Waals surface area (Å²) in [6.07, 6.45) is 6.32. The molecule has 1 amide bonds. The van der Waals surface area contributed by atoms with Crippen LogP contribution in [0.1, 0.15) is 57.6 Å². The second-order valence-corrected chi connectivity index (χ2v) is 8.21. The highest BCUT2D eigenvalue weighted by Crippen LogP contribution is 2.22. The molecular formula is C27H38FNO3S. The molecule has 2 aromatic carbocycles. The molecule has 33 heavy (non-hydrogen) atoms. The van der Waals surface area contributed by atoms with Crippen molar-refractivity contribution in [2.45, 2.75) is 64.4 Å². The summed E-state index contributed by atoms with van der Waals surface area (Å²) in [4.78, 5) is 22.9. The second-order valence-electron chi connectivity index (χ2n) is 7.08. The van der Waals surface area contributed by atoms with Gasteiger partial charge in [-0.1, -0.05) is 56.3 Å². The van der Waals surface area contributed by atoms with Gasteiger partial charge in [0.15, 0.2) is 0 Å². The molecule has 0 heterocycles. The van der Waals surface area contributed by atoms with E-state index < -0.39 is 12.0 Å². The molecule has 2 N–H and O–H groups in total. The molecule has 0 fully saturated rings. The number of hydrogen-bond acceptors (Lipinski definition) is 4. The number of carbonyl (C=O) groups is 2. The van der Waals surface area contributed by atoms with Gasteiger partial charge in [-0.2, -0.15) is 0 Å². The van der Waals surface area contributed by atoms with Crippen LogP contribution in [0.15, 0.2) is 59.5 Å². The fourth-order valence-corrected chi connectivity index (χ4v) is 3.69. The molecule has 2 aromatic rings. The minimum absolute atomic E-state index is 0.239. The number of hydrogen-bond donors (Lipinski definition) is 1. The van der Waals surface area contributed by atoms with Gasteiger partial charge in [-0.25, -0.2) is 4.39 Å². The van der Waals surface area contributed by atoms with Gasteiger partial charge in [0.25, 0.3) is 0 Å². The van der Waals surface area contributed by atoms with E-state index in [-0.39, 0.29) is 11.6 Å². The molecule has 0 aliphatic heterocycles. The molecule has 0 bridgehead atoms. The van der Waals surface area contributed by atoms with E-state index in [1.807, 2.05) is 38.1 Å². The van der Waals surface area contributed by atoms with Crippen molar-refractivity contribution in [2.24, 2.45) is 5.73 Å². The zero-order chi connectivity index (χ0) is 25.1. The number of aryl methyl sites for hydroxylation is 1. The van der Waals surface area contributed by atoms with Crippen LogP contribution in [0.2, 0.25) is 0 Å². The summed E-state index contributed by atoms with van der Waals surface area (Å²) in [5.41, 5.74) is 7.39. The van der Waals surface area contributed by atoms with Crippen molar-refractivity contribution in [3.63, 3.8) is 0 Å². The van der Waals surface area contributed by atoms with Crippen LogP contribution in [0.25, 0.3) is 6.08 Å². The monoisotopic (exact) mass is 475 g/mol. The molecule has 0 saturated heterocycles. The van der Waals surface area contributed by atoms with Gasteiger partial charge in [-0.15, -0.1) is 11.8 Å². The number of thioether (sulfide) groups is 1. The minimum atomic E-state index is -0.510. The van der Waals surface area contributed by atoms with E-state index in [9.17, 15) is 14.0 Å². The van der Waals surface area contributed by atoms with Crippen LogP contribution in [0.5, 0.6) is 0 Å². The van der Waals surface area contributed by atoms with Crippen molar-refractivity contribution in [3.8, 4) is 0 Å². The number of allylic oxidation sites excluding steroid dienone is 1. The van der Waals surface area contributed by atoms with Crippen LogP contribution in [0.4, 0.5) is 4.39 Å². The minimum Gasteiger partial charge on any atom is -0.372 e. The summed E-state index contributed by atoms with van der Waals surface area (Å²) in [6, 6.07) is 14.5. The Bertz CT molecular complexity index is 838. The number of primary amides is 1. The molecular weight excluding hydrogens is 437 g/mol. The second kappa shape index (κ2) is 19.1. The maximum Gasteiger partial charge on any atom is 0.246 e. The fourth-order valence-electron chi connectivity index (χ4n) is 2.61. The fraction of sp³-hybridized carbons (Fsp3) is 0.407. The maximum atomic E-state index is 12.7. The quantitative estimate of drug-likeness (QED) is 0.293. The average Bonchev–Trinajstić information content (AvgIpc) is 2.80. The molecule has 0 aromatic heterocycles. The number of benzene rings is 2. The van der Waals surface area contributed by atoms with E-state index in [2.05, 4.69) is 19.1 Å². The first-order chi connectivity index (χ1) is 15.8. The summed E-state index contributed by atoms with van der Waals surface area (Å²) in [5.74, 6) is 0.484. The SMILES string of the molecule is CC.CC(=O)CCSc1ccccc1C.COC(CCC/C=C/c1ccc(F)cc1)C(N)=O. The third kappa shape index (κ3) is 15.1. The highest BCUT2D eigenvalue weighted by molar-refractivity contribution is 7.99. The lowest BCUT2D eigenvalue weighted by Gasteiger charge is -2.09. The van der Waals surface area contributed by atoms with Gasteiger partial charge in [-0.3, -0.25) is 9.59 Å². The molecule has 0 aliphatic carbocycles. The average molecular weight is 476 g/mol. The Hall–Kier alpha value is -2.44. The molecule has 0 aliphatic rings. The van der Waals surface area contributed by atoms with Crippen LogP contribution in [0, 0.1) is 12.7 Å². The van der Waals surface area contributed by atoms with E-state index >= 15 is 0 Å². The van der Waals surface area contributed by atoms with E-state index in [1.54, 1.807) is 30.8 Å².